The van der Waals surface area contributed by atoms with E-state index in [1.807, 2.05) is 0 Å². The molecule has 0 fully saturated rings. The summed E-state index contributed by atoms with van der Waals surface area (Å²) in [6.45, 7) is 1.41. The second kappa shape index (κ2) is 7.33. The average molecular weight is 341 g/mol. The Labute approximate surface area is 137 Å². The summed E-state index contributed by atoms with van der Waals surface area (Å²) in [6.07, 6.45) is 1.60. The van der Waals surface area contributed by atoms with Crippen LogP contribution in [0.3, 0.4) is 0 Å². The maximum Gasteiger partial charge on any atom is 0.355 e. The molecule has 22 heavy (non-hydrogen) atoms. The topological polar surface area (TPSA) is 71.2 Å². The first-order chi connectivity index (χ1) is 10.5. The Hall–Kier alpha value is -1.98. The minimum Gasteiger partial charge on any atom is -0.451 e. The molecule has 1 amide bonds. The van der Waals surface area contributed by atoms with E-state index < -0.39 is 11.9 Å². The Morgan fingerprint density at radius 1 is 1.32 bits per heavy atom. The smallest absolute Gasteiger partial charge is 0.355 e. The zero-order chi connectivity index (χ0) is 16.1. The third-order valence-electron chi connectivity index (χ3n) is 2.96. The number of hydrogen-bond donors (Lipinski definition) is 2. The van der Waals surface area contributed by atoms with E-state index in [0.29, 0.717) is 15.7 Å². The Morgan fingerprint density at radius 3 is 2.73 bits per heavy atom. The van der Waals surface area contributed by atoms with E-state index in [0.717, 1.165) is 5.56 Å². The number of nitrogens with one attached hydrogen (secondary N) is 2. The van der Waals surface area contributed by atoms with Crippen molar-refractivity contribution in [2.45, 2.75) is 13.0 Å². The monoisotopic (exact) mass is 340 g/mol. The molecule has 2 N–H and O–H groups in total. The predicted octanol–water partition coefficient (Wildman–Crippen LogP) is 3.36. The largest absolute Gasteiger partial charge is 0.451 e. The van der Waals surface area contributed by atoms with Gasteiger partial charge in [0, 0.05) is 16.2 Å². The molecular weight excluding hydrogens is 327 g/mol. The van der Waals surface area contributed by atoms with Crippen LogP contribution >= 0.6 is 23.2 Å². The molecule has 116 valence electrons. The van der Waals surface area contributed by atoms with Gasteiger partial charge < -0.3 is 15.0 Å². The van der Waals surface area contributed by atoms with Gasteiger partial charge in [-0.25, -0.2) is 4.79 Å². The minimum atomic E-state index is -0.586. The van der Waals surface area contributed by atoms with E-state index >= 15 is 0 Å². The Bertz CT molecular complexity index is 671. The first kappa shape index (κ1) is 16.4. The Morgan fingerprint density at radius 2 is 2.09 bits per heavy atom. The van der Waals surface area contributed by atoms with Gasteiger partial charge in [-0.3, -0.25) is 4.79 Å². The number of aromatic nitrogens is 1. The number of carbonyl (C=O) groups excluding carboxylic acids is 2. The van der Waals surface area contributed by atoms with Gasteiger partial charge in [0.25, 0.3) is 5.91 Å². The molecule has 0 saturated carbocycles. The van der Waals surface area contributed by atoms with Crippen molar-refractivity contribution in [1.29, 1.82) is 0 Å². The highest BCUT2D eigenvalue weighted by Gasteiger charge is 2.15. The zero-order valence-corrected chi connectivity index (χ0v) is 13.2. The van der Waals surface area contributed by atoms with Crippen molar-refractivity contribution in [3.63, 3.8) is 0 Å². The lowest BCUT2D eigenvalue weighted by Crippen LogP contribution is -2.31. The van der Waals surface area contributed by atoms with Crippen LogP contribution in [0.15, 0.2) is 36.5 Å². The van der Waals surface area contributed by atoms with Crippen molar-refractivity contribution in [1.82, 2.24) is 10.3 Å². The maximum atomic E-state index is 11.8. The number of esters is 1. The lowest BCUT2D eigenvalue weighted by Gasteiger charge is -2.16. The molecule has 2 aromatic rings. The molecule has 2 rings (SSSR count). The van der Waals surface area contributed by atoms with Crippen molar-refractivity contribution in [2.75, 3.05) is 6.61 Å². The zero-order valence-electron chi connectivity index (χ0n) is 11.7. The number of halogens is 2. The molecule has 0 radical (unpaired) electrons. The van der Waals surface area contributed by atoms with Crippen molar-refractivity contribution < 1.29 is 14.3 Å². The summed E-state index contributed by atoms with van der Waals surface area (Å²) in [5.74, 6) is -1.00. The third-order valence-corrected chi connectivity index (χ3v) is 3.52. The highest BCUT2D eigenvalue weighted by Crippen LogP contribution is 2.25. The fourth-order valence-corrected chi connectivity index (χ4v) is 2.45. The van der Waals surface area contributed by atoms with Crippen LogP contribution in [0, 0.1) is 0 Å². The van der Waals surface area contributed by atoms with Gasteiger partial charge >= 0.3 is 5.97 Å². The van der Waals surface area contributed by atoms with E-state index in [9.17, 15) is 9.59 Å². The molecule has 0 aliphatic rings. The number of ether oxygens (including phenoxy) is 1. The molecule has 0 unspecified atom stereocenters. The van der Waals surface area contributed by atoms with Gasteiger partial charge in [0.1, 0.15) is 5.69 Å². The number of rotatable bonds is 5. The molecule has 1 atom stereocenters. The molecule has 0 saturated heterocycles. The number of hydrogen-bond acceptors (Lipinski definition) is 3. The summed E-state index contributed by atoms with van der Waals surface area (Å²) < 4.78 is 4.90. The van der Waals surface area contributed by atoms with Crippen LogP contribution < -0.4 is 5.32 Å². The Balaban J connectivity index is 1.87. The standard InChI is InChI=1S/C15H14Cl2N2O3/c1-9(11-5-4-10(16)7-12(11)17)19-14(20)8-22-15(21)13-3-2-6-18-13/h2-7,9,18H,8H2,1H3,(H,19,20)/t9-/m1/s1. The average Bonchev–Trinajstić information content (AvgIpc) is 2.98. The summed E-state index contributed by atoms with van der Waals surface area (Å²) in [4.78, 5) is 26.1. The summed E-state index contributed by atoms with van der Waals surface area (Å²) in [7, 11) is 0. The summed E-state index contributed by atoms with van der Waals surface area (Å²) in [5.41, 5.74) is 1.02. The number of amides is 1. The van der Waals surface area contributed by atoms with Gasteiger partial charge in [-0.05, 0) is 36.8 Å². The number of benzene rings is 1. The van der Waals surface area contributed by atoms with Crippen molar-refractivity contribution >= 4 is 35.1 Å². The number of aromatic amines is 1. The first-order valence-corrected chi connectivity index (χ1v) is 7.28. The first-order valence-electron chi connectivity index (χ1n) is 6.52. The summed E-state index contributed by atoms with van der Waals surface area (Å²) >= 11 is 11.9. The SMILES string of the molecule is C[C@@H](NC(=O)COC(=O)c1ccc[nH]1)c1ccc(Cl)cc1Cl. The predicted molar refractivity (Wildman–Crippen MR) is 84.1 cm³/mol. The van der Waals surface area contributed by atoms with E-state index in [1.165, 1.54) is 0 Å². The Kier molecular flexibility index (Phi) is 5.46. The van der Waals surface area contributed by atoms with Gasteiger partial charge in [0.15, 0.2) is 6.61 Å². The molecule has 1 heterocycles. The van der Waals surface area contributed by atoms with Gasteiger partial charge in [0.05, 0.1) is 6.04 Å². The van der Waals surface area contributed by atoms with Gasteiger partial charge in [-0.15, -0.1) is 0 Å². The molecule has 0 bridgehead atoms. The summed E-state index contributed by atoms with van der Waals surface area (Å²) in [6, 6.07) is 7.93. The van der Waals surface area contributed by atoms with Crippen molar-refractivity contribution in [3.8, 4) is 0 Å². The van der Waals surface area contributed by atoms with Gasteiger partial charge in [-0.1, -0.05) is 29.3 Å². The second-order valence-corrected chi connectivity index (χ2v) is 5.46. The maximum absolute atomic E-state index is 11.8. The quantitative estimate of drug-likeness (QED) is 0.820. The highest BCUT2D eigenvalue weighted by atomic mass is 35.5. The second-order valence-electron chi connectivity index (χ2n) is 4.61. The van der Waals surface area contributed by atoms with Crippen molar-refractivity contribution in [2.24, 2.45) is 0 Å². The highest BCUT2D eigenvalue weighted by molar-refractivity contribution is 6.35. The third kappa shape index (κ3) is 4.26. The normalized spacial score (nSPS) is 11.8. The van der Waals surface area contributed by atoms with Crippen LogP contribution in [-0.2, 0) is 9.53 Å². The lowest BCUT2D eigenvalue weighted by atomic mass is 10.1. The fraction of sp³-hybridized carbons (Fsp3) is 0.200. The molecular formula is C15H14Cl2N2O3. The fourth-order valence-electron chi connectivity index (χ4n) is 1.88. The van der Waals surface area contributed by atoms with Gasteiger partial charge in [0.2, 0.25) is 0 Å². The summed E-state index contributed by atoms with van der Waals surface area (Å²) in [5, 5.41) is 3.69. The molecule has 7 heteroatoms. The van der Waals surface area contributed by atoms with Crippen LogP contribution in [-0.4, -0.2) is 23.5 Å². The van der Waals surface area contributed by atoms with Crippen LogP contribution in [0.4, 0.5) is 0 Å². The van der Waals surface area contributed by atoms with Crippen LogP contribution in [0.5, 0.6) is 0 Å². The van der Waals surface area contributed by atoms with E-state index in [1.54, 1.807) is 43.5 Å². The van der Waals surface area contributed by atoms with Crippen molar-refractivity contribution in [3.05, 3.63) is 57.8 Å². The lowest BCUT2D eigenvalue weighted by molar-refractivity contribution is -0.124. The molecule has 1 aromatic heterocycles. The van der Waals surface area contributed by atoms with Crippen LogP contribution in [0.25, 0.3) is 0 Å². The molecule has 5 nitrogen and oxygen atoms in total. The molecule has 1 aromatic carbocycles. The van der Waals surface area contributed by atoms with E-state index in [4.69, 9.17) is 27.9 Å². The number of carbonyl (C=O) groups is 2. The molecule has 0 spiro atoms. The van der Waals surface area contributed by atoms with Crippen LogP contribution in [0.2, 0.25) is 10.0 Å². The van der Waals surface area contributed by atoms with Gasteiger partial charge in [-0.2, -0.15) is 0 Å². The molecule has 0 aliphatic heterocycles. The minimum absolute atomic E-state index is 0.293. The van der Waals surface area contributed by atoms with E-state index in [-0.39, 0.29) is 12.6 Å². The van der Waals surface area contributed by atoms with E-state index in [2.05, 4.69) is 10.3 Å². The van der Waals surface area contributed by atoms with Crippen LogP contribution in [0.1, 0.15) is 29.0 Å². The molecule has 0 aliphatic carbocycles. The number of H-pyrrole nitrogens is 1.